The van der Waals surface area contributed by atoms with E-state index >= 15 is 0 Å². The first-order chi connectivity index (χ1) is 24.3. The van der Waals surface area contributed by atoms with Gasteiger partial charge in [-0.2, -0.15) is 0 Å². The van der Waals surface area contributed by atoms with Crippen LogP contribution < -0.4 is 9.64 Å². The summed E-state index contributed by atoms with van der Waals surface area (Å²) in [6.07, 6.45) is 0. The number of hydrogen-bond acceptors (Lipinski definition) is 3. The molecule has 0 radical (unpaired) electrons. The van der Waals surface area contributed by atoms with Crippen molar-refractivity contribution in [2.24, 2.45) is 0 Å². The van der Waals surface area contributed by atoms with E-state index in [0.29, 0.717) is 0 Å². The monoisotopic (exact) mass is 643 g/mol. The van der Waals surface area contributed by atoms with Gasteiger partial charge in [-0.3, -0.25) is 0 Å². The Bertz CT molecular complexity index is 2680. The fraction of sp³-hybridized carbons (Fsp3) is 0. The topological polar surface area (TPSA) is 12.5 Å². The summed E-state index contributed by atoms with van der Waals surface area (Å²) in [6.45, 7) is 0. The lowest BCUT2D eigenvalue weighted by atomic mass is 9.90. The summed E-state index contributed by atoms with van der Waals surface area (Å²) >= 11 is 1.85. The molecule has 230 valence electrons. The number of ether oxygens (including phenoxy) is 1. The Morgan fingerprint density at radius 1 is 0.367 bits per heavy atom. The summed E-state index contributed by atoms with van der Waals surface area (Å²) in [5.41, 5.74) is 10.5. The van der Waals surface area contributed by atoms with Crippen molar-refractivity contribution in [1.82, 2.24) is 0 Å². The van der Waals surface area contributed by atoms with Crippen LogP contribution in [0.15, 0.2) is 176 Å². The van der Waals surface area contributed by atoms with Gasteiger partial charge in [0.1, 0.15) is 11.5 Å². The minimum atomic E-state index is 0.863. The third-order valence-electron chi connectivity index (χ3n) is 9.66. The molecule has 10 rings (SSSR count). The highest BCUT2D eigenvalue weighted by Gasteiger charge is 2.24. The first kappa shape index (κ1) is 27.9. The molecule has 2 nitrogen and oxygen atoms in total. The molecule has 0 unspecified atom stereocenters. The maximum absolute atomic E-state index is 6.74. The second kappa shape index (κ2) is 11.2. The third-order valence-corrected chi connectivity index (χ3v) is 10.8. The summed E-state index contributed by atoms with van der Waals surface area (Å²) in [7, 11) is 0. The first-order valence-corrected chi connectivity index (χ1v) is 17.4. The van der Waals surface area contributed by atoms with Crippen LogP contribution in [0.2, 0.25) is 0 Å². The van der Waals surface area contributed by atoms with Crippen LogP contribution in [0, 0.1) is 0 Å². The molecule has 49 heavy (non-hydrogen) atoms. The van der Waals surface area contributed by atoms with E-state index in [1.165, 1.54) is 53.4 Å². The quantitative estimate of drug-likeness (QED) is 0.185. The Morgan fingerprint density at radius 3 is 1.82 bits per heavy atom. The average molecular weight is 644 g/mol. The minimum absolute atomic E-state index is 0.863. The van der Waals surface area contributed by atoms with Crippen molar-refractivity contribution >= 4 is 59.3 Å². The number of benzene rings is 8. The molecule has 1 aliphatic rings. The van der Waals surface area contributed by atoms with Crippen molar-refractivity contribution in [2.75, 3.05) is 4.90 Å². The zero-order chi connectivity index (χ0) is 32.3. The number of anilines is 3. The van der Waals surface area contributed by atoms with Crippen LogP contribution >= 0.6 is 11.3 Å². The van der Waals surface area contributed by atoms with Gasteiger partial charge in [-0.05, 0) is 81.7 Å². The van der Waals surface area contributed by atoms with Gasteiger partial charge in [-0.1, -0.05) is 121 Å². The van der Waals surface area contributed by atoms with E-state index in [2.05, 4.69) is 181 Å². The van der Waals surface area contributed by atoms with E-state index in [1.807, 2.05) is 11.3 Å². The molecule has 0 N–H and O–H groups in total. The zero-order valence-corrected chi connectivity index (χ0v) is 27.3. The van der Waals surface area contributed by atoms with E-state index < -0.39 is 0 Å². The number of fused-ring (bicyclic) bond motifs is 5. The Balaban J connectivity index is 1.09. The molecule has 0 spiro atoms. The molecule has 0 saturated heterocycles. The molecule has 2 heterocycles. The number of thiophene rings is 1. The van der Waals surface area contributed by atoms with Gasteiger partial charge in [0.05, 0.1) is 0 Å². The van der Waals surface area contributed by atoms with Crippen LogP contribution in [-0.4, -0.2) is 0 Å². The predicted octanol–water partition coefficient (Wildman–Crippen LogP) is 13.8. The molecular formula is C46H29NOS. The van der Waals surface area contributed by atoms with E-state index in [0.717, 1.165) is 39.5 Å². The van der Waals surface area contributed by atoms with E-state index in [4.69, 9.17) is 4.74 Å². The lowest BCUT2D eigenvalue weighted by Crippen LogP contribution is -2.10. The van der Waals surface area contributed by atoms with Gasteiger partial charge in [-0.15, -0.1) is 11.3 Å². The second-order valence-electron chi connectivity index (χ2n) is 12.5. The molecule has 9 aromatic rings. The standard InChI is InChI=1S/C46H29NOS/c1-4-11-30(12-5-1)32-19-22-38-39-24-21-35(29-45(39)49-44(38)27-32)47(33-15-8-3-9-16-33)34-20-23-37-41-18-10-17-40-36(31-13-6-2-7-14-31)25-26-42(46(40)41)48-43(37)28-34/h1-29H. The molecule has 3 heteroatoms. The van der Waals surface area contributed by atoms with Crippen molar-refractivity contribution in [3.8, 4) is 44.9 Å². The number of hydrogen-bond donors (Lipinski definition) is 0. The Labute approximate surface area is 288 Å². The third kappa shape index (κ3) is 4.62. The van der Waals surface area contributed by atoms with Gasteiger partial charge in [0.2, 0.25) is 0 Å². The molecule has 0 bridgehead atoms. The number of para-hydroxylation sites is 1. The van der Waals surface area contributed by atoms with Gasteiger partial charge in [0, 0.05) is 54.3 Å². The predicted molar refractivity (Wildman–Crippen MR) is 208 cm³/mol. The Morgan fingerprint density at radius 2 is 1.02 bits per heavy atom. The molecule has 0 atom stereocenters. The van der Waals surface area contributed by atoms with Gasteiger partial charge in [0.15, 0.2) is 0 Å². The first-order valence-electron chi connectivity index (χ1n) is 16.6. The lowest BCUT2D eigenvalue weighted by molar-refractivity contribution is 0.487. The van der Waals surface area contributed by atoms with Crippen LogP contribution in [0.1, 0.15) is 0 Å². The number of nitrogens with zero attached hydrogens (tertiary/aromatic N) is 1. The molecule has 1 aliphatic heterocycles. The van der Waals surface area contributed by atoms with Gasteiger partial charge < -0.3 is 9.64 Å². The summed E-state index contributed by atoms with van der Waals surface area (Å²) in [5.74, 6) is 1.75. The number of rotatable bonds is 5. The lowest BCUT2D eigenvalue weighted by Gasteiger charge is -2.28. The summed E-state index contributed by atoms with van der Waals surface area (Å²) in [6, 6.07) is 63.0. The molecule has 0 fully saturated rings. The van der Waals surface area contributed by atoms with Crippen molar-refractivity contribution < 1.29 is 4.74 Å². The average Bonchev–Trinajstić information content (AvgIpc) is 3.53. The minimum Gasteiger partial charge on any atom is -0.456 e. The van der Waals surface area contributed by atoms with Crippen LogP contribution in [0.3, 0.4) is 0 Å². The highest BCUT2D eigenvalue weighted by molar-refractivity contribution is 7.25. The van der Waals surface area contributed by atoms with Gasteiger partial charge in [-0.25, -0.2) is 0 Å². The van der Waals surface area contributed by atoms with Crippen LogP contribution in [0.25, 0.3) is 64.3 Å². The van der Waals surface area contributed by atoms with Crippen LogP contribution in [0.4, 0.5) is 17.1 Å². The molecule has 0 amide bonds. The highest BCUT2D eigenvalue weighted by atomic mass is 32.1. The van der Waals surface area contributed by atoms with E-state index in [1.54, 1.807) is 0 Å². The molecule has 8 aromatic carbocycles. The Hall–Kier alpha value is -6.16. The van der Waals surface area contributed by atoms with E-state index in [9.17, 15) is 0 Å². The molecule has 0 aliphatic carbocycles. The van der Waals surface area contributed by atoms with Crippen LogP contribution in [0.5, 0.6) is 11.5 Å². The van der Waals surface area contributed by atoms with Crippen molar-refractivity contribution in [2.45, 2.75) is 0 Å². The van der Waals surface area contributed by atoms with Crippen molar-refractivity contribution in [3.05, 3.63) is 176 Å². The summed E-state index contributed by atoms with van der Waals surface area (Å²) < 4.78 is 9.30. The normalized spacial score (nSPS) is 11.8. The summed E-state index contributed by atoms with van der Waals surface area (Å²) in [5, 5.41) is 4.94. The summed E-state index contributed by atoms with van der Waals surface area (Å²) in [4.78, 5) is 2.33. The fourth-order valence-electron chi connectivity index (χ4n) is 7.37. The molecule has 1 aromatic heterocycles. The maximum atomic E-state index is 6.74. The molecular weight excluding hydrogens is 615 g/mol. The highest BCUT2D eigenvalue weighted by Crippen LogP contribution is 2.51. The molecule has 0 saturated carbocycles. The van der Waals surface area contributed by atoms with Gasteiger partial charge in [0.25, 0.3) is 0 Å². The SMILES string of the molecule is c1ccc(-c2ccc3c(c2)sc2cc(N(c4ccccc4)c4ccc5c(c4)Oc4ccc(-c6ccccc6)c6cccc-5c46)ccc23)cc1. The fourth-order valence-corrected chi connectivity index (χ4v) is 8.55. The maximum Gasteiger partial charge on any atom is 0.137 e. The van der Waals surface area contributed by atoms with E-state index in [-0.39, 0.29) is 0 Å². The van der Waals surface area contributed by atoms with Crippen molar-refractivity contribution in [3.63, 3.8) is 0 Å². The smallest absolute Gasteiger partial charge is 0.137 e. The largest absolute Gasteiger partial charge is 0.456 e. The van der Waals surface area contributed by atoms with Crippen LogP contribution in [-0.2, 0) is 0 Å². The zero-order valence-electron chi connectivity index (χ0n) is 26.5. The Kier molecular flexibility index (Phi) is 6.39. The van der Waals surface area contributed by atoms with Gasteiger partial charge >= 0.3 is 0 Å². The second-order valence-corrected chi connectivity index (χ2v) is 13.6. The van der Waals surface area contributed by atoms with Crippen molar-refractivity contribution in [1.29, 1.82) is 0 Å².